The zero-order chi connectivity index (χ0) is 10.7. The molecule has 82 valence electrons. The van der Waals surface area contributed by atoms with Crippen molar-refractivity contribution in [1.29, 1.82) is 0 Å². The summed E-state index contributed by atoms with van der Waals surface area (Å²) in [5.74, 6) is 1.24. The van der Waals surface area contributed by atoms with E-state index in [1.165, 1.54) is 25.0 Å². The van der Waals surface area contributed by atoms with Gasteiger partial charge < -0.3 is 5.32 Å². The molecule has 1 saturated heterocycles. The minimum Gasteiger partial charge on any atom is -0.310 e. The Labute approximate surface area is 93.0 Å². The van der Waals surface area contributed by atoms with Crippen molar-refractivity contribution in [2.45, 2.75) is 32.7 Å². The number of rotatable bonds is 2. The molecule has 2 rings (SSSR count). The highest BCUT2D eigenvalue weighted by molar-refractivity contribution is 5.22. The third-order valence-electron chi connectivity index (χ3n) is 3.53. The van der Waals surface area contributed by atoms with Crippen LogP contribution in [0.4, 0.5) is 0 Å². The van der Waals surface area contributed by atoms with Crippen LogP contribution in [0.15, 0.2) is 36.0 Å². The molecule has 1 aliphatic carbocycles. The van der Waals surface area contributed by atoms with E-state index in [-0.39, 0.29) is 0 Å². The predicted octanol–water partition coefficient (Wildman–Crippen LogP) is 3.06. The van der Waals surface area contributed by atoms with Crippen LogP contribution in [0.1, 0.15) is 26.7 Å². The first-order valence-electron chi connectivity index (χ1n) is 6.04. The van der Waals surface area contributed by atoms with E-state index in [0.717, 1.165) is 0 Å². The van der Waals surface area contributed by atoms with Crippen molar-refractivity contribution in [1.82, 2.24) is 5.32 Å². The Kier molecular flexibility index (Phi) is 3.42. The van der Waals surface area contributed by atoms with E-state index in [1.807, 2.05) is 0 Å². The van der Waals surface area contributed by atoms with Gasteiger partial charge in [-0.2, -0.15) is 0 Å². The molecule has 2 aliphatic rings. The van der Waals surface area contributed by atoms with Crippen molar-refractivity contribution in [3.63, 3.8) is 0 Å². The average molecular weight is 203 g/mol. The molecular weight excluding hydrogens is 182 g/mol. The molecule has 0 aromatic heterocycles. The fourth-order valence-corrected chi connectivity index (χ4v) is 2.44. The van der Waals surface area contributed by atoms with Gasteiger partial charge in [0, 0.05) is 12.0 Å². The van der Waals surface area contributed by atoms with E-state index in [1.54, 1.807) is 0 Å². The van der Waals surface area contributed by atoms with Gasteiger partial charge in [0.1, 0.15) is 0 Å². The number of hydrogen-bond acceptors (Lipinski definition) is 1. The van der Waals surface area contributed by atoms with Crippen molar-refractivity contribution >= 4 is 0 Å². The molecule has 1 fully saturated rings. The standard InChI is InChI=1S/C14H21N/c1-11-6-3-4-7-13(11)10-12(2)14-8-5-9-15-14/h3-4,6-7,10-11,13-15H,5,8-9H2,1-2H3. The van der Waals surface area contributed by atoms with Gasteiger partial charge in [-0.05, 0) is 32.2 Å². The lowest BCUT2D eigenvalue weighted by molar-refractivity contribution is 0.590. The van der Waals surface area contributed by atoms with Crippen LogP contribution in [0.2, 0.25) is 0 Å². The average Bonchev–Trinajstić information content (AvgIpc) is 2.74. The molecule has 0 aromatic carbocycles. The second kappa shape index (κ2) is 4.80. The fourth-order valence-electron chi connectivity index (χ4n) is 2.44. The van der Waals surface area contributed by atoms with E-state index in [2.05, 4.69) is 49.5 Å². The lowest BCUT2D eigenvalue weighted by atomic mass is 9.87. The topological polar surface area (TPSA) is 12.0 Å². The maximum Gasteiger partial charge on any atom is 0.0277 e. The maximum atomic E-state index is 3.55. The summed E-state index contributed by atoms with van der Waals surface area (Å²) in [6.45, 7) is 5.74. The molecule has 1 nitrogen and oxygen atoms in total. The summed E-state index contributed by atoms with van der Waals surface area (Å²) in [6, 6.07) is 0.636. The normalized spacial score (nSPS) is 36.1. The summed E-state index contributed by atoms with van der Waals surface area (Å²) in [5, 5.41) is 3.55. The Morgan fingerprint density at radius 2 is 2.13 bits per heavy atom. The molecule has 0 amide bonds. The predicted molar refractivity (Wildman–Crippen MR) is 65.7 cm³/mol. The van der Waals surface area contributed by atoms with Gasteiger partial charge in [-0.25, -0.2) is 0 Å². The Hall–Kier alpha value is -0.820. The maximum absolute atomic E-state index is 3.55. The largest absolute Gasteiger partial charge is 0.310 e. The molecule has 0 spiro atoms. The molecule has 1 aliphatic heterocycles. The van der Waals surface area contributed by atoms with Crippen molar-refractivity contribution in [2.75, 3.05) is 6.54 Å². The Balaban J connectivity index is 2.01. The highest BCUT2D eigenvalue weighted by Gasteiger charge is 2.18. The summed E-state index contributed by atoms with van der Waals surface area (Å²) in [6.07, 6.45) is 14.0. The molecule has 1 heterocycles. The summed E-state index contributed by atoms with van der Waals surface area (Å²) in [7, 11) is 0. The molecule has 1 heteroatoms. The van der Waals surface area contributed by atoms with Gasteiger partial charge in [0.2, 0.25) is 0 Å². The minimum atomic E-state index is 0.595. The zero-order valence-corrected chi connectivity index (χ0v) is 9.74. The van der Waals surface area contributed by atoms with Crippen LogP contribution in [0, 0.1) is 11.8 Å². The van der Waals surface area contributed by atoms with Gasteiger partial charge in [0.05, 0.1) is 0 Å². The highest BCUT2D eigenvalue weighted by Crippen LogP contribution is 2.24. The second-order valence-corrected chi connectivity index (χ2v) is 4.77. The third kappa shape index (κ3) is 2.60. The van der Waals surface area contributed by atoms with Crippen LogP contribution in [0.25, 0.3) is 0 Å². The van der Waals surface area contributed by atoms with Gasteiger partial charge in [0.25, 0.3) is 0 Å². The molecule has 3 unspecified atom stereocenters. The number of nitrogens with one attached hydrogen (secondary N) is 1. The molecule has 1 N–H and O–H groups in total. The Bertz CT molecular complexity index is 292. The van der Waals surface area contributed by atoms with Crippen LogP contribution < -0.4 is 5.32 Å². The molecule has 0 bridgehead atoms. The van der Waals surface area contributed by atoms with E-state index < -0.39 is 0 Å². The molecule has 0 aromatic rings. The van der Waals surface area contributed by atoms with Crippen molar-refractivity contribution in [2.24, 2.45) is 11.8 Å². The minimum absolute atomic E-state index is 0.595. The number of hydrogen-bond donors (Lipinski definition) is 1. The summed E-state index contributed by atoms with van der Waals surface area (Å²) >= 11 is 0. The van der Waals surface area contributed by atoms with E-state index in [0.29, 0.717) is 17.9 Å². The van der Waals surface area contributed by atoms with Crippen molar-refractivity contribution in [3.8, 4) is 0 Å². The molecular formula is C14H21N. The first-order valence-corrected chi connectivity index (χ1v) is 6.04. The fraction of sp³-hybridized carbons (Fsp3) is 0.571. The zero-order valence-electron chi connectivity index (χ0n) is 9.74. The van der Waals surface area contributed by atoms with Gasteiger partial charge in [-0.1, -0.05) is 42.9 Å². The molecule has 3 atom stereocenters. The number of allylic oxidation sites excluding steroid dienone is 5. The Morgan fingerprint density at radius 1 is 1.33 bits per heavy atom. The van der Waals surface area contributed by atoms with E-state index in [9.17, 15) is 0 Å². The smallest absolute Gasteiger partial charge is 0.0277 e. The van der Waals surface area contributed by atoms with E-state index >= 15 is 0 Å². The third-order valence-corrected chi connectivity index (χ3v) is 3.53. The van der Waals surface area contributed by atoms with Crippen LogP contribution in [-0.4, -0.2) is 12.6 Å². The van der Waals surface area contributed by atoms with Crippen molar-refractivity contribution in [3.05, 3.63) is 36.0 Å². The van der Waals surface area contributed by atoms with Crippen molar-refractivity contribution < 1.29 is 0 Å². The molecule has 15 heavy (non-hydrogen) atoms. The highest BCUT2D eigenvalue weighted by atomic mass is 14.9. The first kappa shape index (κ1) is 10.7. The quantitative estimate of drug-likeness (QED) is 0.680. The summed E-state index contributed by atoms with van der Waals surface area (Å²) < 4.78 is 0. The van der Waals surface area contributed by atoms with Crippen LogP contribution in [0.3, 0.4) is 0 Å². The van der Waals surface area contributed by atoms with Gasteiger partial charge in [-0.15, -0.1) is 0 Å². The SMILES string of the molecule is CC(=CC1C=CC=CC1C)C1CCCN1. The first-order chi connectivity index (χ1) is 7.27. The second-order valence-electron chi connectivity index (χ2n) is 4.77. The summed E-state index contributed by atoms with van der Waals surface area (Å²) in [5.41, 5.74) is 1.52. The van der Waals surface area contributed by atoms with E-state index in [4.69, 9.17) is 0 Å². The molecule has 0 saturated carbocycles. The summed E-state index contributed by atoms with van der Waals surface area (Å²) in [4.78, 5) is 0. The van der Waals surface area contributed by atoms with Crippen LogP contribution in [-0.2, 0) is 0 Å². The lowest BCUT2D eigenvalue weighted by Gasteiger charge is -2.19. The van der Waals surface area contributed by atoms with Gasteiger partial charge in [0.15, 0.2) is 0 Å². The lowest BCUT2D eigenvalue weighted by Crippen LogP contribution is -2.23. The van der Waals surface area contributed by atoms with Crippen LogP contribution >= 0.6 is 0 Å². The Morgan fingerprint density at radius 3 is 2.80 bits per heavy atom. The van der Waals surface area contributed by atoms with Crippen LogP contribution in [0.5, 0.6) is 0 Å². The van der Waals surface area contributed by atoms with Gasteiger partial charge in [-0.3, -0.25) is 0 Å². The monoisotopic (exact) mass is 203 g/mol. The molecule has 0 radical (unpaired) electrons. The van der Waals surface area contributed by atoms with Gasteiger partial charge >= 0.3 is 0 Å².